The maximum Gasteiger partial charge on any atom is 0.0503 e. The highest BCUT2D eigenvalue weighted by atomic mass is 15.2. The molecular formula is C79H62N2. The Morgan fingerprint density at radius 3 is 1.07 bits per heavy atom. The van der Waals surface area contributed by atoms with Crippen LogP contribution < -0.4 is 9.80 Å². The number of terminal acetylenes is 2. The standard InChI is InChI=1S/C79H62N2/c1-6-55(4)53-58-29-45-66(46-30-58)80(64-41-25-56(7-2)26-42-64)68-49-51-69(52-50-68)81(65-43-27-57(8-3)28-44-65)67-47-31-59(32-48-67)54-79(76-23-15-11-19-72(76)73-20-12-16-24-77(73)79)63-39-35-61(36-40-63)60-33-37-62(38-34-60)78(5)74-21-13-9-17-70(74)71-18-10-14-22-75(71)78/h2-3,9-52,55H,6,53-54H2,1,4-5H3. The minimum absolute atomic E-state index is 0.234. The molecule has 1 atom stereocenters. The zero-order chi connectivity index (χ0) is 55.1. The smallest absolute Gasteiger partial charge is 0.0503 e. The SMILES string of the molecule is C#Cc1ccc(N(c2ccc(CC(C)CC)cc2)c2ccc(N(c3ccc(C#C)cc3)c3ccc(CC4(c5ccc(-c6ccc(C7(C)c8ccccc8-c8ccccc87)cc6)cc5)c5ccccc5-c5ccccc54)cc3)cc2)cc1. The molecule has 0 spiro atoms. The minimum Gasteiger partial charge on any atom is -0.311 e. The van der Waals surface area contributed by atoms with Gasteiger partial charge in [-0.15, -0.1) is 12.8 Å². The van der Waals surface area contributed by atoms with Crippen LogP contribution in [0.5, 0.6) is 0 Å². The quantitative estimate of drug-likeness (QED) is 0.100. The van der Waals surface area contributed by atoms with E-state index in [1.165, 1.54) is 77.9 Å². The number of benzene rings is 11. The van der Waals surface area contributed by atoms with Crippen LogP contribution in [0.3, 0.4) is 0 Å². The highest BCUT2D eigenvalue weighted by Gasteiger charge is 2.45. The maximum absolute atomic E-state index is 5.90. The Morgan fingerprint density at radius 1 is 0.370 bits per heavy atom. The van der Waals surface area contributed by atoms with E-state index in [9.17, 15) is 0 Å². The fraction of sp³-hybridized carbons (Fsp3) is 0.114. The van der Waals surface area contributed by atoms with Crippen LogP contribution >= 0.6 is 0 Å². The number of rotatable bonds is 14. The minimum atomic E-state index is -0.434. The Kier molecular flexibility index (Phi) is 13.2. The van der Waals surface area contributed by atoms with Crippen molar-refractivity contribution in [1.82, 2.24) is 0 Å². The lowest BCUT2D eigenvalue weighted by Crippen LogP contribution is -2.29. The first-order chi connectivity index (χ1) is 39.8. The summed E-state index contributed by atoms with van der Waals surface area (Å²) in [5, 5.41) is 0. The fourth-order valence-corrected chi connectivity index (χ4v) is 13.1. The summed E-state index contributed by atoms with van der Waals surface area (Å²) in [5.74, 6) is 6.23. The number of hydrogen-bond acceptors (Lipinski definition) is 2. The van der Waals surface area contributed by atoms with Gasteiger partial charge < -0.3 is 9.80 Å². The van der Waals surface area contributed by atoms with Crippen molar-refractivity contribution in [2.45, 2.75) is 50.9 Å². The highest BCUT2D eigenvalue weighted by molar-refractivity contribution is 5.86. The summed E-state index contributed by atoms with van der Waals surface area (Å²) in [7, 11) is 0. The summed E-state index contributed by atoms with van der Waals surface area (Å²) in [6.45, 7) is 6.95. The summed E-state index contributed by atoms with van der Waals surface area (Å²) < 4.78 is 0. The first-order valence-electron chi connectivity index (χ1n) is 28.4. The van der Waals surface area contributed by atoms with Crippen molar-refractivity contribution < 1.29 is 0 Å². The summed E-state index contributed by atoms with van der Waals surface area (Å²) in [5.41, 5.74) is 25.4. The van der Waals surface area contributed by atoms with Gasteiger partial charge >= 0.3 is 0 Å². The third-order valence-corrected chi connectivity index (χ3v) is 17.5. The Bertz CT molecular complexity index is 4060. The van der Waals surface area contributed by atoms with Gasteiger partial charge in [-0.05, 0) is 201 Å². The molecule has 0 N–H and O–H groups in total. The van der Waals surface area contributed by atoms with Crippen LogP contribution in [0.2, 0.25) is 0 Å². The molecule has 11 aromatic carbocycles. The van der Waals surface area contributed by atoms with E-state index in [-0.39, 0.29) is 5.41 Å². The normalized spacial score (nSPS) is 13.4. The Morgan fingerprint density at radius 2 is 0.691 bits per heavy atom. The summed E-state index contributed by atoms with van der Waals surface area (Å²) in [6.07, 6.45) is 14.7. The zero-order valence-corrected chi connectivity index (χ0v) is 46.2. The molecule has 0 fully saturated rings. The van der Waals surface area contributed by atoms with E-state index in [4.69, 9.17) is 12.8 Å². The van der Waals surface area contributed by atoms with Crippen LogP contribution in [0.25, 0.3) is 33.4 Å². The van der Waals surface area contributed by atoms with Gasteiger partial charge in [0.25, 0.3) is 0 Å². The second kappa shape index (κ2) is 21.1. The predicted molar refractivity (Wildman–Crippen MR) is 340 cm³/mol. The molecule has 0 saturated carbocycles. The van der Waals surface area contributed by atoms with E-state index < -0.39 is 5.41 Å². The summed E-state index contributed by atoms with van der Waals surface area (Å²) in [6, 6.07) is 98.1. The monoisotopic (exact) mass is 1040 g/mol. The molecule has 2 nitrogen and oxygen atoms in total. The molecule has 0 bridgehead atoms. The molecule has 1 unspecified atom stereocenters. The topological polar surface area (TPSA) is 6.48 Å². The number of anilines is 6. The molecule has 2 aliphatic carbocycles. The van der Waals surface area contributed by atoms with Crippen LogP contribution in [0, 0.1) is 30.6 Å². The van der Waals surface area contributed by atoms with Crippen molar-refractivity contribution in [2.75, 3.05) is 9.80 Å². The summed E-state index contributed by atoms with van der Waals surface area (Å²) in [4.78, 5) is 4.62. The average molecular weight is 1040 g/mol. The Hall–Kier alpha value is -9.86. The van der Waals surface area contributed by atoms with Crippen LogP contribution in [0.15, 0.2) is 267 Å². The molecule has 13 rings (SSSR count). The second-order valence-corrected chi connectivity index (χ2v) is 22.2. The molecule has 11 aromatic rings. The van der Waals surface area contributed by atoms with Gasteiger partial charge in [-0.1, -0.05) is 202 Å². The lowest BCUT2D eigenvalue weighted by Gasteiger charge is -2.34. The molecule has 0 aromatic heterocycles. The van der Waals surface area contributed by atoms with Crippen molar-refractivity contribution in [1.29, 1.82) is 0 Å². The van der Waals surface area contributed by atoms with Crippen molar-refractivity contribution in [3.63, 3.8) is 0 Å². The van der Waals surface area contributed by atoms with Gasteiger partial charge in [0, 0.05) is 50.7 Å². The molecule has 0 radical (unpaired) electrons. The molecular weight excluding hydrogens is 977 g/mol. The van der Waals surface area contributed by atoms with Gasteiger partial charge in [0.15, 0.2) is 0 Å². The van der Waals surface area contributed by atoms with E-state index in [0.717, 1.165) is 64.5 Å². The third-order valence-electron chi connectivity index (χ3n) is 17.5. The first-order valence-corrected chi connectivity index (χ1v) is 28.4. The molecule has 0 aliphatic heterocycles. The zero-order valence-electron chi connectivity index (χ0n) is 46.2. The first kappa shape index (κ1) is 50.6. The van der Waals surface area contributed by atoms with Crippen molar-refractivity contribution in [3.8, 4) is 58.1 Å². The number of hydrogen-bond donors (Lipinski definition) is 0. The van der Waals surface area contributed by atoms with Gasteiger partial charge in [-0.25, -0.2) is 0 Å². The predicted octanol–water partition coefficient (Wildman–Crippen LogP) is 19.7. The van der Waals surface area contributed by atoms with Gasteiger partial charge in [0.05, 0.1) is 5.41 Å². The van der Waals surface area contributed by atoms with Crippen molar-refractivity contribution in [3.05, 3.63) is 323 Å². The Labute approximate surface area is 478 Å². The van der Waals surface area contributed by atoms with Crippen molar-refractivity contribution >= 4 is 34.1 Å². The van der Waals surface area contributed by atoms with E-state index >= 15 is 0 Å². The molecule has 0 heterocycles. The van der Waals surface area contributed by atoms with Gasteiger partial charge in [0.1, 0.15) is 0 Å². The summed E-state index contributed by atoms with van der Waals surface area (Å²) >= 11 is 0. The van der Waals surface area contributed by atoms with Crippen molar-refractivity contribution in [2.24, 2.45) is 5.92 Å². The van der Waals surface area contributed by atoms with Gasteiger partial charge in [-0.3, -0.25) is 0 Å². The lowest BCUT2D eigenvalue weighted by molar-refractivity contribution is 0.560. The van der Waals surface area contributed by atoms with E-state index in [2.05, 4.69) is 285 Å². The molecule has 388 valence electrons. The molecule has 0 saturated heterocycles. The largest absolute Gasteiger partial charge is 0.311 e. The van der Waals surface area contributed by atoms with E-state index in [1.807, 2.05) is 24.3 Å². The van der Waals surface area contributed by atoms with E-state index in [0.29, 0.717) is 5.92 Å². The average Bonchev–Trinajstić information content (AvgIpc) is 3.76. The van der Waals surface area contributed by atoms with Crippen LogP contribution in [0.4, 0.5) is 34.1 Å². The Balaban J connectivity index is 0.839. The van der Waals surface area contributed by atoms with Crippen LogP contribution in [0.1, 0.15) is 82.8 Å². The van der Waals surface area contributed by atoms with Gasteiger partial charge in [0.2, 0.25) is 0 Å². The highest BCUT2D eigenvalue weighted by Crippen LogP contribution is 2.55. The molecule has 2 heteroatoms. The van der Waals surface area contributed by atoms with Crippen LogP contribution in [-0.4, -0.2) is 0 Å². The number of fused-ring (bicyclic) bond motifs is 6. The van der Waals surface area contributed by atoms with Gasteiger partial charge in [-0.2, -0.15) is 0 Å². The molecule has 2 aliphatic rings. The molecule has 0 amide bonds. The third kappa shape index (κ3) is 8.91. The molecule has 81 heavy (non-hydrogen) atoms. The fourth-order valence-electron chi connectivity index (χ4n) is 13.1. The second-order valence-electron chi connectivity index (χ2n) is 22.2. The lowest BCUT2D eigenvalue weighted by atomic mass is 9.68. The maximum atomic E-state index is 5.90. The van der Waals surface area contributed by atoms with Crippen LogP contribution in [-0.2, 0) is 23.7 Å². The van der Waals surface area contributed by atoms with E-state index in [1.54, 1.807) is 0 Å². The number of nitrogens with zero attached hydrogens (tertiary/aromatic N) is 2.